The highest BCUT2D eigenvalue weighted by Crippen LogP contribution is 2.15. The number of hydrogen-bond donors (Lipinski definition) is 2. The number of benzene rings is 1. The largest absolute Gasteiger partial charge is 0.395 e. The van der Waals surface area contributed by atoms with Crippen molar-refractivity contribution in [3.05, 3.63) is 34.9 Å². The lowest BCUT2D eigenvalue weighted by molar-refractivity contribution is 0.107. The van der Waals surface area contributed by atoms with Crippen LogP contribution in [0.4, 0.5) is 0 Å². The number of nitrogens with two attached hydrogens (primary N) is 1. The van der Waals surface area contributed by atoms with Gasteiger partial charge in [-0.25, -0.2) is 0 Å². The summed E-state index contributed by atoms with van der Waals surface area (Å²) in [6.07, 6.45) is 0.654. The number of aliphatic hydroxyl groups is 1. The van der Waals surface area contributed by atoms with Crippen molar-refractivity contribution in [1.82, 2.24) is 0 Å². The van der Waals surface area contributed by atoms with Gasteiger partial charge < -0.3 is 15.6 Å². The second-order valence-corrected chi connectivity index (χ2v) is 3.78. The molecule has 1 aromatic rings. The molecule has 0 bridgehead atoms. The molecule has 3 nitrogen and oxygen atoms in total. The molecule has 0 spiro atoms. The van der Waals surface area contributed by atoms with Gasteiger partial charge in [-0.2, -0.15) is 0 Å². The van der Waals surface area contributed by atoms with Gasteiger partial charge in [0.1, 0.15) is 0 Å². The molecule has 0 fully saturated rings. The van der Waals surface area contributed by atoms with E-state index in [-0.39, 0.29) is 12.6 Å². The summed E-state index contributed by atoms with van der Waals surface area (Å²) in [7, 11) is 0. The molecular formula is C11H16ClNO2. The predicted octanol–water partition coefficient (Wildman–Crippen LogP) is 1.57. The van der Waals surface area contributed by atoms with Crippen molar-refractivity contribution in [3.63, 3.8) is 0 Å². The van der Waals surface area contributed by atoms with Crippen LogP contribution in [0.3, 0.4) is 0 Å². The molecule has 0 amide bonds. The summed E-state index contributed by atoms with van der Waals surface area (Å²) < 4.78 is 5.40. The van der Waals surface area contributed by atoms with Gasteiger partial charge in [0.2, 0.25) is 0 Å². The zero-order chi connectivity index (χ0) is 11.1. The Morgan fingerprint density at radius 2 is 2.13 bits per heavy atom. The van der Waals surface area contributed by atoms with E-state index in [1.54, 1.807) is 0 Å². The van der Waals surface area contributed by atoms with Crippen LogP contribution in [-0.4, -0.2) is 24.4 Å². The molecule has 0 aromatic heterocycles. The summed E-state index contributed by atoms with van der Waals surface area (Å²) in [6, 6.07) is 7.36. The molecule has 1 rings (SSSR count). The van der Waals surface area contributed by atoms with E-state index >= 15 is 0 Å². The molecule has 0 saturated heterocycles. The van der Waals surface area contributed by atoms with E-state index in [2.05, 4.69) is 0 Å². The number of hydrogen-bond acceptors (Lipinski definition) is 3. The first-order valence-electron chi connectivity index (χ1n) is 4.91. The molecule has 1 atom stereocenters. The van der Waals surface area contributed by atoms with Crippen LogP contribution in [0.5, 0.6) is 0 Å². The van der Waals surface area contributed by atoms with Gasteiger partial charge in [0.15, 0.2) is 0 Å². The van der Waals surface area contributed by atoms with Gasteiger partial charge in [0.25, 0.3) is 0 Å². The van der Waals surface area contributed by atoms with Gasteiger partial charge in [-0.05, 0) is 18.1 Å². The van der Waals surface area contributed by atoms with Gasteiger partial charge in [-0.3, -0.25) is 0 Å². The topological polar surface area (TPSA) is 55.5 Å². The van der Waals surface area contributed by atoms with Crippen molar-refractivity contribution in [2.24, 2.45) is 5.73 Å². The molecule has 0 saturated carbocycles. The average molecular weight is 230 g/mol. The Kier molecular flexibility index (Phi) is 5.65. The van der Waals surface area contributed by atoms with Gasteiger partial charge in [0.05, 0.1) is 13.2 Å². The van der Waals surface area contributed by atoms with Crippen LogP contribution < -0.4 is 5.73 Å². The van der Waals surface area contributed by atoms with Crippen LogP contribution in [0.2, 0.25) is 5.02 Å². The van der Waals surface area contributed by atoms with Crippen LogP contribution in [0, 0.1) is 0 Å². The first-order chi connectivity index (χ1) is 7.24. The van der Waals surface area contributed by atoms with Crippen molar-refractivity contribution < 1.29 is 9.84 Å². The molecule has 1 aromatic carbocycles. The maximum atomic E-state index is 8.69. The molecule has 0 radical (unpaired) electrons. The van der Waals surface area contributed by atoms with E-state index < -0.39 is 0 Å². The molecule has 84 valence electrons. The number of ether oxygens (including phenoxy) is 1. The standard InChI is InChI=1S/C11H16ClNO2/c12-11-4-2-1-3-9(11)8-15-6-5-10(13)7-14/h1-4,10,14H,5-8,13H2/t10-/m0/s1. The summed E-state index contributed by atoms with van der Waals surface area (Å²) >= 11 is 5.95. The number of aliphatic hydroxyl groups excluding tert-OH is 1. The zero-order valence-electron chi connectivity index (χ0n) is 8.53. The first-order valence-corrected chi connectivity index (χ1v) is 5.29. The average Bonchev–Trinajstić information content (AvgIpc) is 2.26. The molecule has 15 heavy (non-hydrogen) atoms. The Labute approximate surface area is 94.8 Å². The first kappa shape index (κ1) is 12.5. The van der Waals surface area contributed by atoms with Crippen LogP contribution in [0.15, 0.2) is 24.3 Å². The van der Waals surface area contributed by atoms with Crippen LogP contribution >= 0.6 is 11.6 Å². The summed E-state index contributed by atoms with van der Waals surface area (Å²) in [6.45, 7) is 1.01. The molecule has 0 aliphatic rings. The van der Waals surface area contributed by atoms with E-state index in [1.807, 2.05) is 24.3 Å². The highest BCUT2D eigenvalue weighted by Gasteiger charge is 2.01. The highest BCUT2D eigenvalue weighted by atomic mass is 35.5. The van der Waals surface area contributed by atoms with Crippen LogP contribution in [0.1, 0.15) is 12.0 Å². The summed E-state index contributed by atoms with van der Waals surface area (Å²) in [5.41, 5.74) is 6.50. The minimum absolute atomic E-state index is 0.00451. The lowest BCUT2D eigenvalue weighted by Gasteiger charge is -2.09. The number of halogens is 1. The quantitative estimate of drug-likeness (QED) is 0.728. The third-order valence-corrected chi connectivity index (χ3v) is 2.45. The summed E-state index contributed by atoms with van der Waals surface area (Å²) in [5.74, 6) is 0. The van der Waals surface area contributed by atoms with Crippen LogP contribution in [0.25, 0.3) is 0 Å². The third-order valence-electron chi connectivity index (χ3n) is 2.08. The monoisotopic (exact) mass is 229 g/mol. The van der Waals surface area contributed by atoms with Crippen molar-refractivity contribution in [2.75, 3.05) is 13.2 Å². The maximum Gasteiger partial charge on any atom is 0.0731 e. The molecule has 0 aliphatic carbocycles. The zero-order valence-corrected chi connectivity index (χ0v) is 9.28. The Hall–Kier alpha value is -0.610. The smallest absolute Gasteiger partial charge is 0.0731 e. The van der Waals surface area contributed by atoms with E-state index in [4.69, 9.17) is 27.2 Å². The molecule has 0 heterocycles. The van der Waals surface area contributed by atoms with Gasteiger partial charge in [-0.1, -0.05) is 29.8 Å². The van der Waals surface area contributed by atoms with E-state index in [0.717, 1.165) is 5.56 Å². The summed E-state index contributed by atoms with van der Waals surface area (Å²) in [4.78, 5) is 0. The van der Waals surface area contributed by atoms with Crippen LogP contribution in [-0.2, 0) is 11.3 Å². The predicted molar refractivity (Wildman–Crippen MR) is 60.8 cm³/mol. The fraction of sp³-hybridized carbons (Fsp3) is 0.455. The fourth-order valence-electron chi connectivity index (χ4n) is 1.12. The molecule has 3 N–H and O–H groups in total. The van der Waals surface area contributed by atoms with Crippen molar-refractivity contribution >= 4 is 11.6 Å². The minimum atomic E-state index is -0.198. The van der Waals surface area contributed by atoms with Crippen molar-refractivity contribution in [1.29, 1.82) is 0 Å². The van der Waals surface area contributed by atoms with E-state index in [1.165, 1.54) is 0 Å². The van der Waals surface area contributed by atoms with Gasteiger partial charge >= 0.3 is 0 Å². The molecule has 0 unspecified atom stereocenters. The second kappa shape index (κ2) is 6.80. The Balaban J connectivity index is 2.23. The Bertz CT molecular complexity index is 294. The van der Waals surface area contributed by atoms with Crippen molar-refractivity contribution in [3.8, 4) is 0 Å². The molecular weight excluding hydrogens is 214 g/mol. The van der Waals surface area contributed by atoms with E-state index in [0.29, 0.717) is 24.7 Å². The minimum Gasteiger partial charge on any atom is -0.395 e. The van der Waals surface area contributed by atoms with Gasteiger partial charge in [0, 0.05) is 17.7 Å². The van der Waals surface area contributed by atoms with Gasteiger partial charge in [-0.15, -0.1) is 0 Å². The van der Waals surface area contributed by atoms with E-state index in [9.17, 15) is 0 Å². The van der Waals surface area contributed by atoms with Crippen molar-refractivity contribution in [2.45, 2.75) is 19.1 Å². The number of rotatable bonds is 6. The normalized spacial score (nSPS) is 12.7. The third kappa shape index (κ3) is 4.62. The lowest BCUT2D eigenvalue weighted by atomic mass is 10.2. The Morgan fingerprint density at radius 1 is 1.40 bits per heavy atom. The summed E-state index contributed by atoms with van der Waals surface area (Å²) in [5, 5.41) is 9.41. The maximum absolute atomic E-state index is 8.69. The molecule has 4 heteroatoms. The molecule has 0 aliphatic heterocycles. The lowest BCUT2D eigenvalue weighted by Crippen LogP contribution is -2.25. The highest BCUT2D eigenvalue weighted by molar-refractivity contribution is 6.31. The second-order valence-electron chi connectivity index (χ2n) is 3.38. The fourth-order valence-corrected chi connectivity index (χ4v) is 1.31. The SMILES string of the molecule is N[C@H](CO)CCOCc1ccccc1Cl. The Morgan fingerprint density at radius 3 is 2.80 bits per heavy atom.